The second kappa shape index (κ2) is 3.81. The number of fused-ring (bicyclic) bond motifs is 1. The topological polar surface area (TPSA) is 30.7 Å². The number of aryl methyl sites for hydroxylation is 1. The molecule has 0 N–H and O–H groups in total. The molecule has 16 heavy (non-hydrogen) atoms. The number of aromatic nitrogens is 3. The van der Waals surface area contributed by atoms with E-state index in [1.54, 1.807) is 11.3 Å². The van der Waals surface area contributed by atoms with Gasteiger partial charge >= 0.3 is 0 Å². The smallest absolute Gasteiger partial charge is 0.0982 e. The molecule has 80 valence electrons. The number of halogens is 1. The van der Waals surface area contributed by atoms with Crippen LogP contribution >= 0.6 is 33.9 Å². The Kier molecular flexibility index (Phi) is 2.44. The van der Waals surface area contributed by atoms with Crippen LogP contribution in [-0.4, -0.2) is 14.5 Å². The van der Waals surface area contributed by atoms with E-state index in [1.165, 1.54) is 13.1 Å². The van der Waals surface area contributed by atoms with Gasteiger partial charge in [0, 0.05) is 23.0 Å². The van der Waals surface area contributed by atoms with Gasteiger partial charge in [0.25, 0.3) is 0 Å². The van der Waals surface area contributed by atoms with Crippen LogP contribution in [0.4, 0.5) is 0 Å². The first-order chi connectivity index (χ1) is 7.74. The SMILES string of the molecule is Cn1cnc(-c2cc3nccc(I)c3s2)c1. The lowest BCUT2D eigenvalue weighted by Gasteiger charge is -1.89. The highest BCUT2D eigenvalue weighted by Crippen LogP contribution is 2.33. The number of nitrogens with zero attached hydrogens (tertiary/aromatic N) is 3. The monoisotopic (exact) mass is 341 g/mol. The van der Waals surface area contributed by atoms with Crippen LogP contribution in [0.1, 0.15) is 0 Å². The summed E-state index contributed by atoms with van der Waals surface area (Å²) in [7, 11) is 1.98. The van der Waals surface area contributed by atoms with E-state index < -0.39 is 0 Å². The van der Waals surface area contributed by atoms with Gasteiger partial charge in [-0.2, -0.15) is 0 Å². The van der Waals surface area contributed by atoms with E-state index >= 15 is 0 Å². The number of imidazole rings is 1. The lowest BCUT2D eigenvalue weighted by molar-refractivity contribution is 0.913. The zero-order valence-corrected chi connectivity index (χ0v) is 11.5. The van der Waals surface area contributed by atoms with Gasteiger partial charge in [0.2, 0.25) is 0 Å². The maximum atomic E-state index is 4.37. The molecule has 5 heteroatoms. The van der Waals surface area contributed by atoms with Crippen molar-refractivity contribution in [3.63, 3.8) is 0 Å². The van der Waals surface area contributed by atoms with Crippen molar-refractivity contribution < 1.29 is 0 Å². The van der Waals surface area contributed by atoms with E-state index in [0.717, 1.165) is 11.2 Å². The summed E-state index contributed by atoms with van der Waals surface area (Å²) < 4.78 is 4.44. The van der Waals surface area contributed by atoms with Crippen LogP contribution in [0.2, 0.25) is 0 Å². The van der Waals surface area contributed by atoms with E-state index in [4.69, 9.17) is 0 Å². The molecule has 3 aromatic rings. The third kappa shape index (κ3) is 1.63. The van der Waals surface area contributed by atoms with E-state index in [9.17, 15) is 0 Å². The first kappa shape index (κ1) is 10.2. The molecule has 0 unspecified atom stereocenters. The van der Waals surface area contributed by atoms with Gasteiger partial charge in [-0.25, -0.2) is 4.98 Å². The molecule has 0 aliphatic rings. The molecule has 0 bridgehead atoms. The lowest BCUT2D eigenvalue weighted by atomic mass is 10.3. The zero-order chi connectivity index (χ0) is 11.1. The fourth-order valence-corrected chi connectivity index (χ4v) is 3.32. The summed E-state index contributed by atoms with van der Waals surface area (Å²) in [6.45, 7) is 0. The molecule has 0 aliphatic carbocycles. The molecule has 3 nitrogen and oxygen atoms in total. The predicted molar refractivity (Wildman–Crippen MR) is 74.5 cm³/mol. The summed E-state index contributed by atoms with van der Waals surface area (Å²) in [5.74, 6) is 0. The Balaban J connectivity index is 2.22. The third-order valence-corrected chi connectivity index (χ3v) is 4.77. The van der Waals surface area contributed by atoms with Crippen LogP contribution in [0.3, 0.4) is 0 Å². The minimum absolute atomic E-state index is 1.02. The van der Waals surface area contributed by atoms with Gasteiger partial charge in [-0.15, -0.1) is 11.3 Å². The van der Waals surface area contributed by atoms with Crippen molar-refractivity contribution in [1.82, 2.24) is 14.5 Å². The maximum absolute atomic E-state index is 4.37. The Bertz CT molecular complexity index is 656. The summed E-state index contributed by atoms with van der Waals surface area (Å²) in [5.41, 5.74) is 2.07. The van der Waals surface area contributed by atoms with E-state index in [0.29, 0.717) is 0 Å². The minimum Gasteiger partial charge on any atom is -0.340 e. The summed E-state index contributed by atoms with van der Waals surface area (Å²) in [5, 5.41) is 0. The fourth-order valence-electron chi connectivity index (χ4n) is 1.57. The van der Waals surface area contributed by atoms with Crippen LogP contribution in [0.15, 0.2) is 30.9 Å². The van der Waals surface area contributed by atoms with Crippen LogP contribution in [0, 0.1) is 3.57 Å². The van der Waals surface area contributed by atoms with Crippen LogP contribution in [0.5, 0.6) is 0 Å². The van der Waals surface area contributed by atoms with Crippen LogP contribution in [0.25, 0.3) is 20.8 Å². The molecule has 0 aromatic carbocycles. The molecule has 0 saturated carbocycles. The number of pyridine rings is 1. The highest BCUT2D eigenvalue weighted by Gasteiger charge is 2.09. The Morgan fingerprint density at radius 1 is 1.38 bits per heavy atom. The minimum atomic E-state index is 1.02. The van der Waals surface area contributed by atoms with Crippen molar-refractivity contribution in [3.05, 3.63) is 34.4 Å². The van der Waals surface area contributed by atoms with Crippen molar-refractivity contribution in [1.29, 1.82) is 0 Å². The zero-order valence-electron chi connectivity index (χ0n) is 8.51. The number of thiophene rings is 1. The maximum Gasteiger partial charge on any atom is 0.0982 e. The molecule has 0 atom stereocenters. The summed E-state index contributed by atoms with van der Waals surface area (Å²) in [6.07, 6.45) is 5.69. The Morgan fingerprint density at radius 3 is 2.94 bits per heavy atom. The summed E-state index contributed by atoms with van der Waals surface area (Å²) in [6, 6.07) is 4.13. The molecule has 0 amide bonds. The molecule has 0 fully saturated rings. The molecular formula is C11H8IN3S. The predicted octanol–water partition coefficient (Wildman–Crippen LogP) is 3.30. The Hall–Kier alpha value is -0.950. The molecular weight excluding hydrogens is 333 g/mol. The third-order valence-electron chi connectivity index (χ3n) is 2.32. The van der Waals surface area contributed by atoms with Gasteiger partial charge in [-0.05, 0) is 34.7 Å². The second-order valence-corrected chi connectivity index (χ2v) is 5.76. The molecule has 0 aliphatic heterocycles. The molecule has 0 radical (unpaired) electrons. The van der Waals surface area contributed by atoms with Gasteiger partial charge in [-0.1, -0.05) is 0 Å². The highest BCUT2D eigenvalue weighted by atomic mass is 127. The molecule has 3 rings (SSSR count). The number of rotatable bonds is 1. The average Bonchev–Trinajstić information content (AvgIpc) is 2.84. The Labute approximate surface area is 110 Å². The standard InChI is InChI=1S/C11H8IN3S/c1-15-5-9(14-6-15)10-4-8-11(16-10)7(12)2-3-13-8/h2-6H,1H3. The van der Waals surface area contributed by atoms with E-state index in [1.807, 2.05) is 36.4 Å². The van der Waals surface area contributed by atoms with Crippen molar-refractivity contribution in [2.24, 2.45) is 7.05 Å². The molecule has 3 heterocycles. The first-order valence-corrected chi connectivity index (χ1v) is 6.66. The van der Waals surface area contributed by atoms with Crippen LogP contribution in [-0.2, 0) is 7.05 Å². The van der Waals surface area contributed by atoms with Crippen molar-refractivity contribution in [2.45, 2.75) is 0 Å². The van der Waals surface area contributed by atoms with Crippen molar-refractivity contribution in [3.8, 4) is 10.6 Å². The Morgan fingerprint density at radius 2 is 2.25 bits per heavy atom. The lowest BCUT2D eigenvalue weighted by Crippen LogP contribution is -1.77. The molecule has 0 spiro atoms. The summed E-state index contributed by atoms with van der Waals surface area (Å²) in [4.78, 5) is 9.89. The van der Waals surface area contributed by atoms with E-state index in [-0.39, 0.29) is 0 Å². The molecule has 3 aromatic heterocycles. The van der Waals surface area contributed by atoms with Gasteiger partial charge in [0.1, 0.15) is 0 Å². The average molecular weight is 341 g/mol. The summed E-state index contributed by atoms with van der Waals surface area (Å²) >= 11 is 4.09. The van der Waals surface area contributed by atoms with Gasteiger partial charge in [0.05, 0.1) is 27.1 Å². The molecule has 0 saturated heterocycles. The number of hydrogen-bond acceptors (Lipinski definition) is 3. The first-order valence-electron chi connectivity index (χ1n) is 4.76. The normalized spacial score (nSPS) is 11.1. The highest BCUT2D eigenvalue weighted by molar-refractivity contribution is 14.1. The van der Waals surface area contributed by atoms with Gasteiger partial charge < -0.3 is 4.57 Å². The van der Waals surface area contributed by atoms with Gasteiger partial charge in [0.15, 0.2) is 0 Å². The van der Waals surface area contributed by atoms with Crippen molar-refractivity contribution in [2.75, 3.05) is 0 Å². The van der Waals surface area contributed by atoms with E-state index in [2.05, 4.69) is 38.6 Å². The second-order valence-electron chi connectivity index (χ2n) is 3.54. The fraction of sp³-hybridized carbons (Fsp3) is 0.0909. The largest absolute Gasteiger partial charge is 0.340 e. The number of hydrogen-bond donors (Lipinski definition) is 0. The van der Waals surface area contributed by atoms with Crippen molar-refractivity contribution >= 4 is 44.1 Å². The van der Waals surface area contributed by atoms with Crippen LogP contribution < -0.4 is 0 Å². The van der Waals surface area contributed by atoms with Gasteiger partial charge in [-0.3, -0.25) is 4.98 Å². The quantitative estimate of drug-likeness (QED) is 0.636.